The molecule has 2 aromatic rings. The first-order valence-electron chi connectivity index (χ1n) is 6.64. The van der Waals surface area contributed by atoms with Crippen LogP contribution in [-0.4, -0.2) is 19.5 Å². The molecule has 2 rings (SSSR count). The van der Waals surface area contributed by atoms with Gasteiger partial charge in [-0.15, -0.1) is 0 Å². The van der Waals surface area contributed by atoms with Gasteiger partial charge in [0.25, 0.3) is 0 Å². The van der Waals surface area contributed by atoms with E-state index in [0.717, 1.165) is 0 Å². The zero-order valence-electron chi connectivity index (χ0n) is 12.0. The molecule has 24 heavy (non-hydrogen) atoms. The van der Waals surface area contributed by atoms with Crippen molar-refractivity contribution in [3.05, 3.63) is 63.1 Å². The monoisotopic (exact) mass is 407 g/mol. The molecule has 0 saturated heterocycles. The molecule has 5 nitrogen and oxygen atoms in total. The Morgan fingerprint density at radius 1 is 1.04 bits per heavy atom. The number of benzene rings is 2. The van der Waals surface area contributed by atoms with Gasteiger partial charge < -0.3 is 5.11 Å². The molecular weight excluding hydrogens is 397 g/mol. The maximum absolute atomic E-state index is 12.6. The van der Waals surface area contributed by atoms with Crippen LogP contribution in [0.15, 0.2) is 47.4 Å². The molecule has 0 amide bonds. The van der Waals surface area contributed by atoms with Gasteiger partial charge in [0, 0.05) is 5.02 Å². The molecule has 9 heteroatoms. The third kappa shape index (κ3) is 4.62. The second kappa shape index (κ2) is 7.72. The summed E-state index contributed by atoms with van der Waals surface area (Å²) in [7, 11) is -4.13. The summed E-state index contributed by atoms with van der Waals surface area (Å²) in [6.45, 7) is 0. The molecule has 2 aromatic carbocycles. The molecule has 0 aliphatic rings. The van der Waals surface area contributed by atoms with E-state index in [9.17, 15) is 13.2 Å². The highest BCUT2D eigenvalue weighted by Gasteiger charge is 2.27. The van der Waals surface area contributed by atoms with E-state index in [1.165, 1.54) is 18.2 Å². The lowest BCUT2D eigenvalue weighted by Gasteiger charge is -2.18. The number of hydrogen-bond acceptors (Lipinski definition) is 3. The number of sulfonamides is 1. The van der Waals surface area contributed by atoms with E-state index in [-0.39, 0.29) is 14.9 Å². The van der Waals surface area contributed by atoms with Crippen LogP contribution in [0.3, 0.4) is 0 Å². The topological polar surface area (TPSA) is 83.5 Å². The molecule has 0 aliphatic carbocycles. The van der Waals surface area contributed by atoms with Gasteiger partial charge in [0.2, 0.25) is 10.0 Å². The van der Waals surface area contributed by atoms with E-state index < -0.39 is 28.5 Å². The Hall–Kier alpha value is -1.31. The summed E-state index contributed by atoms with van der Waals surface area (Å²) in [4.78, 5) is 10.8. The van der Waals surface area contributed by atoms with Crippen LogP contribution in [0.5, 0.6) is 0 Å². The molecule has 128 valence electrons. The average molecular weight is 409 g/mol. The van der Waals surface area contributed by atoms with Gasteiger partial charge in [0.05, 0.1) is 22.5 Å². The normalized spacial score (nSPS) is 12.8. The zero-order chi connectivity index (χ0) is 17.9. The zero-order valence-corrected chi connectivity index (χ0v) is 15.1. The molecule has 0 aromatic heterocycles. The summed E-state index contributed by atoms with van der Waals surface area (Å²) in [5, 5.41) is 9.40. The second-order valence-corrected chi connectivity index (χ2v) is 7.78. The Labute approximate surface area is 154 Å². The van der Waals surface area contributed by atoms with Crippen LogP contribution in [-0.2, 0) is 14.8 Å². The smallest absolute Gasteiger partial charge is 0.305 e. The maximum Gasteiger partial charge on any atom is 0.305 e. The van der Waals surface area contributed by atoms with Crippen LogP contribution in [0.1, 0.15) is 18.0 Å². The molecule has 0 radical (unpaired) electrons. The third-order valence-corrected chi connectivity index (χ3v) is 5.81. The molecule has 0 spiro atoms. The van der Waals surface area contributed by atoms with Crippen LogP contribution in [0, 0.1) is 0 Å². The minimum Gasteiger partial charge on any atom is -0.481 e. The van der Waals surface area contributed by atoms with Crippen molar-refractivity contribution in [2.45, 2.75) is 17.4 Å². The van der Waals surface area contributed by atoms with Crippen molar-refractivity contribution in [3.63, 3.8) is 0 Å². The molecule has 0 aliphatic heterocycles. The largest absolute Gasteiger partial charge is 0.481 e. The number of nitrogens with one attached hydrogen (secondary N) is 1. The molecule has 2 N–H and O–H groups in total. The van der Waals surface area contributed by atoms with E-state index in [1.807, 2.05) is 0 Å². The predicted molar refractivity (Wildman–Crippen MR) is 93.2 cm³/mol. The Balaban J connectivity index is 2.41. The summed E-state index contributed by atoms with van der Waals surface area (Å²) in [6.07, 6.45) is -0.455. The quantitative estimate of drug-likeness (QED) is 0.752. The van der Waals surface area contributed by atoms with Gasteiger partial charge in [-0.05, 0) is 29.8 Å². The first-order valence-corrected chi connectivity index (χ1v) is 9.26. The maximum atomic E-state index is 12.6. The van der Waals surface area contributed by atoms with Gasteiger partial charge >= 0.3 is 5.97 Å². The fourth-order valence-electron chi connectivity index (χ4n) is 2.08. The Morgan fingerprint density at radius 3 is 2.08 bits per heavy atom. The molecule has 0 fully saturated rings. The standard InChI is InChI=1S/C15H12Cl3NO4S/c16-10-6-4-9(5-7-10)13(8-14(20)21)19-24(22,23)15-11(17)2-1-3-12(15)18/h1-7,13,19H,8H2,(H,20,21). The van der Waals surface area contributed by atoms with Crippen molar-refractivity contribution in [1.82, 2.24) is 4.72 Å². The van der Waals surface area contributed by atoms with Gasteiger partial charge in [-0.3, -0.25) is 4.79 Å². The van der Waals surface area contributed by atoms with Gasteiger partial charge in [-0.1, -0.05) is 53.0 Å². The molecule has 0 saturated carbocycles. The van der Waals surface area contributed by atoms with Crippen molar-refractivity contribution < 1.29 is 18.3 Å². The summed E-state index contributed by atoms with van der Waals surface area (Å²) < 4.78 is 27.6. The van der Waals surface area contributed by atoms with Crippen LogP contribution in [0.25, 0.3) is 0 Å². The summed E-state index contributed by atoms with van der Waals surface area (Å²) >= 11 is 17.7. The highest BCUT2D eigenvalue weighted by Crippen LogP contribution is 2.31. The highest BCUT2D eigenvalue weighted by atomic mass is 35.5. The first kappa shape index (κ1) is 19.0. The first-order chi connectivity index (χ1) is 11.2. The average Bonchev–Trinajstić information content (AvgIpc) is 2.46. The summed E-state index contributed by atoms with van der Waals surface area (Å²) in [6, 6.07) is 9.46. The van der Waals surface area contributed by atoms with E-state index >= 15 is 0 Å². The van der Waals surface area contributed by atoms with Crippen LogP contribution < -0.4 is 4.72 Å². The Morgan fingerprint density at radius 2 is 1.58 bits per heavy atom. The molecular formula is C15H12Cl3NO4S. The molecule has 0 heterocycles. The lowest BCUT2D eigenvalue weighted by molar-refractivity contribution is -0.137. The minimum atomic E-state index is -4.13. The number of carboxylic acids is 1. The van der Waals surface area contributed by atoms with Crippen LogP contribution in [0.4, 0.5) is 0 Å². The number of rotatable bonds is 6. The van der Waals surface area contributed by atoms with Crippen molar-refractivity contribution in [3.8, 4) is 0 Å². The Kier molecular flexibility index (Phi) is 6.11. The number of hydrogen-bond donors (Lipinski definition) is 2. The summed E-state index contributed by atoms with van der Waals surface area (Å²) in [5.74, 6) is -1.16. The number of halogens is 3. The molecule has 1 atom stereocenters. The number of carbonyl (C=O) groups is 1. The van der Waals surface area contributed by atoms with Crippen molar-refractivity contribution >= 4 is 50.8 Å². The van der Waals surface area contributed by atoms with E-state index in [1.54, 1.807) is 24.3 Å². The van der Waals surface area contributed by atoms with Crippen molar-refractivity contribution in [2.24, 2.45) is 0 Å². The van der Waals surface area contributed by atoms with Crippen molar-refractivity contribution in [2.75, 3.05) is 0 Å². The second-order valence-electron chi connectivity index (χ2n) is 4.87. The van der Waals surface area contributed by atoms with E-state index in [4.69, 9.17) is 39.9 Å². The van der Waals surface area contributed by atoms with Gasteiger partial charge in [0.15, 0.2) is 0 Å². The predicted octanol–water partition coefficient (Wildman–Crippen LogP) is 4.14. The van der Waals surface area contributed by atoms with Gasteiger partial charge in [-0.25, -0.2) is 13.1 Å². The van der Waals surface area contributed by atoms with Crippen molar-refractivity contribution in [1.29, 1.82) is 0 Å². The SMILES string of the molecule is O=C(O)CC(NS(=O)(=O)c1c(Cl)cccc1Cl)c1ccc(Cl)cc1. The number of aliphatic carboxylic acids is 1. The fraction of sp³-hybridized carbons (Fsp3) is 0.133. The molecule has 0 bridgehead atoms. The van der Waals surface area contributed by atoms with E-state index in [2.05, 4.69) is 4.72 Å². The lowest BCUT2D eigenvalue weighted by Crippen LogP contribution is -2.30. The molecule has 1 unspecified atom stereocenters. The highest BCUT2D eigenvalue weighted by molar-refractivity contribution is 7.89. The minimum absolute atomic E-state index is 0.0554. The van der Waals surface area contributed by atoms with Crippen LogP contribution >= 0.6 is 34.8 Å². The number of carboxylic acid groups (broad SMARTS) is 1. The van der Waals surface area contributed by atoms with Gasteiger partial charge in [-0.2, -0.15) is 0 Å². The fourth-order valence-corrected chi connectivity index (χ4v) is 4.58. The van der Waals surface area contributed by atoms with E-state index in [0.29, 0.717) is 10.6 Å². The van der Waals surface area contributed by atoms with Gasteiger partial charge in [0.1, 0.15) is 4.90 Å². The third-order valence-electron chi connectivity index (χ3n) is 3.14. The summed E-state index contributed by atoms with van der Waals surface area (Å²) in [5.41, 5.74) is 0.452. The lowest BCUT2D eigenvalue weighted by atomic mass is 10.1. The Bertz CT molecular complexity index is 833. The van der Waals surface area contributed by atoms with Crippen LogP contribution in [0.2, 0.25) is 15.1 Å².